The summed E-state index contributed by atoms with van der Waals surface area (Å²) in [6.07, 6.45) is 0. The summed E-state index contributed by atoms with van der Waals surface area (Å²) in [6.45, 7) is 0. The third-order valence-electron chi connectivity index (χ3n) is 2.68. The molecule has 0 spiro atoms. The molecule has 0 saturated carbocycles. The lowest BCUT2D eigenvalue weighted by atomic mass is 10.0. The van der Waals surface area contributed by atoms with Crippen molar-refractivity contribution in [3.8, 4) is 28.7 Å². The Morgan fingerprint density at radius 3 is 2.10 bits per heavy atom. The Morgan fingerprint density at radius 1 is 0.850 bits per heavy atom. The van der Waals surface area contributed by atoms with E-state index in [9.17, 15) is 24.5 Å². The Bertz CT molecular complexity index is 687. The van der Waals surface area contributed by atoms with E-state index in [2.05, 4.69) is 0 Å². The molecule has 0 aliphatic heterocycles. The van der Waals surface area contributed by atoms with Crippen molar-refractivity contribution in [2.75, 3.05) is 0 Å². The second-order valence-electron chi connectivity index (χ2n) is 3.98. The van der Waals surface area contributed by atoms with E-state index in [-0.39, 0.29) is 5.56 Å². The van der Waals surface area contributed by atoms with Crippen LogP contribution in [0.25, 0.3) is 0 Å². The van der Waals surface area contributed by atoms with Gasteiger partial charge in [-0.25, -0.2) is 4.39 Å². The number of aromatic hydroxyl groups is 5. The summed E-state index contributed by atoms with van der Waals surface area (Å²) in [4.78, 5) is 12.0. The molecule has 2 aromatic carbocycles. The van der Waals surface area contributed by atoms with Gasteiger partial charge in [0.15, 0.2) is 34.6 Å². The summed E-state index contributed by atoms with van der Waals surface area (Å²) in [6, 6.07) is 3.47. The van der Waals surface area contributed by atoms with Gasteiger partial charge in [0.25, 0.3) is 0 Å². The lowest BCUT2D eigenvalue weighted by molar-refractivity contribution is 0.103. The van der Waals surface area contributed by atoms with Gasteiger partial charge in [-0.3, -0.25) is 4.79 Å². The molecular weight excluding hydrogens is 271 g/mol. The molecular formula is C13H9FO6. The first-order valence-corrected chi connectivity index (χ1v) is 5.33. The molecule has 0 bridgehead atoms. The minimum atomic E-state index is -1.21. The topological polar surface area (TPSA) is 118 Å². The van der Waals surface area contributed by atoms with Gasteiger partial charge in [0.1, 0.15) is 0 Å². The van der Waals surface area contributed by atoms with Gasteiger partial charge < -0.3 is 25.5 Å². The van der Waals surface area contributed by atoms with Crippen LogP contribution in [0.1, 0.15) is 15.9 Å². The minimum absolute atomic E-state index is 0.349. The SMILES string of the molecule is O=C(c1cc(O)c(O)c(F)c1)c1ccc(O)c(O)c1O. The molecule has 0 radical (unpaired) electrons. The molecule has 2 rings (SSSR count). The first kappa shape index (κ1) is 13.5. The van der Waals surface area contributed by atoms with E-state index in [0.29, 0.717) is 6.07 Å². The molecule has 0 unspecified atom stereocenters. The minimum Gasteiger partial charge on any atom is -0.504 e. The highest BCUT2D eigenvalue weighted by Gasteiger charge is 2.21. The van der Waals surface area contributed by atoms with Crippen LogP contribution in [0.3, 0.4) is 0 Å². The highest BCUT2D eigenvalue weighted by Crippen LogP contribution is 2.38. The second kappa shape index (κ2) is 4.61. The average Bonchev–Trinajstić information content (AvgIpc) is 2.41. The number of hydrogen-bond donors (Lipinski definition) is 5. The van der Waals surface area contributed by atoms with Crippen LogP contribution in [0.5, 0.6) is 28.7 Å². The monoisotopic (exact) mass is 280 g/mol. The maximum atomic E-state index is 13.2. The molecule has 5 N–H and O–H groups in total. The summed E-state index contributed by atoms with van der Waals surface area (Å²) in [7, 11) is 0. The molecule has 7 heteroatoms. The summed E-state index contributed by atoms with van der Waals surface area (Å²) in [5, 5.41) is 46.3. The van der Waals surface area contributed by atoms with Crippen molar-refractivity contribution >= 4 is 5.78 Å². The van der Waals surface area contributed by atoms with Crippen molar-refractivity contribution in [2.24, 2.45) is 0 Å². The van der Waals surface area contributed by atoms with Crippen molar-refractivity contribution in [3.05, 3.63) is 41.2 Å². The molecule has 0 amide bonds. The quantitative estimate of drug-likeness (QED) is 0.421. The molecule has 0 fully saturated rings. The van der Waals surface area contributed by atoms with Gasteiger partial charge in [-0.05, 0) is 24.3 Å². The van der Waals surface area contributed by atoms with Crippen LogP contribution < -0.4 is 0 Å². The Hall–Kier alpha value is -2.96. The van der Waals surface area contributed by atoms with Gasteiger partial charge >= 0.3 is 0 Å². The van der Waals surface area contributed by atoms with E-state index in [4.69, 9.17) is 10.2 Å². The number of phenols is 5. The first-order valence-electron chi connectivity index (χ1n) is 5.33. The maximum absolute atomic E-state index is 13.2. The van der Waals surface area contributed by atoms with Gasteiger partial charge in [0.2, 0.25) is 5.75 Å². The van der Waals surface area contributed by atoms with Crippen LogP contribution in [-0.4, -0.2) is 31.3 Å². The number of carbonyl (C=O) groups excluding carboxylic acids is 1. The van der Waals surface area contributed by atoms with Crippen LogP contribution in [0.15, 0.2) is 24.3 Å². The molecule has 0 aliphatic carbocycles. The fourth-order valence-electron chi connectivity index (χ4n) is 1.62. The molecule has 2 aromatic rings. The van der Waals surface area contributed by atoms with E-state index in [1.807, 2.05) is 0 Å². The first-order chi connectivity index (χ1) is 9.32. The highest BCUT2D eigenvalue weighted by atomic mass is 19.1. The smallest absolute Gasteiger partial charge is 0.201 e. The zero-order valence-corrected chi connectivity index (χ0v) is 9.83. The van der Waals surface area contributed by atoms with Crippen LogP contribution in [0.2, 0.25) is 0 Å². The lowest BCUT2D eigenvalue weighted by Gasteiger charge is -2.08. The highest BCUT2D eigenvalue weighted by molar-refractivity contribution is 6.11. The van der Waals surface area contributed by atoms with Crippen LogP contribution in [0, 0.1) is 5.82 Å². The van der Waals surface area contributed by atoms with Crippen LogP contribution >= 0.6 is 0 Å². The van der Waals surface area contributed by atoms with Crippen molar-refractivity contribution in [1.29, 1.82) is 0 Å². The summed E-state index contributed by atoms with van der Waals surface area (Å²) < 4.78 is 13.2. The maximum Gasteiger partial charge on any atom is 0.201 e. The van der Waals surface area contributed by atoms with Gasteiger partial charge in [0, 0.05) is 5.56 Å². The third-order valence-corrected chi connectivity index (χ3v) is 2.68. The van der Waals surface area contributed by atoms with Crippen molar-refractivity contribution in [2.45, 2.75) is 0 Å². The summed E-state index contributed by atoms with van der Waals surface area (Å²) in [5.41, 5.74) is -0.747. The van der Waals surface area contributed by atoms with E-state index < -0.39 is 45.9 Å². The van der Waals surface area contributed by atoms with Crippen molar-refractivity contribution < 1.29 is 34.7 Å². The van der Waals surface area contributed by atoms with Crippen molar-refractivity contribution in [1.82, 2.24) is 0 Å². The van der Waals surface area contributed by atoms with Gasteiger partial charge in [-0.2, -0.15) is 0 Å². The number of hydrogen-bond acceptors (Lipinski definition) is 6. The Kier molecular flexibility index (Phi) is 3.11. The van der Waals surface area contributed by atoms with E-state index in [1.165, 1.54) is 0 Å². The molecule has 20 heavy (non-hydrogen) atoms. The Labute approximate surface area is 111 Å². The molecule has 0 aliphatic rings. The predicted octanol–water partition coefficient (Wildman–Crippen LogP) is 1.58. The second-order valence-corrected chi connectivity index (χ2v) is 3.98. The van der Waals surface area contributed by atoms with Crippen LogP contribution in [-0.2, 0) is 0 Å². The molecule has 104 valence electrons. The standard InChI is InChI=1S/C13H9FO6/c14-7-3-5(4-9(16)12(7)19)10(17)6-1-2-8(15)13(20)11(6)18/h1-4,15-16,18-20H. The number of ketones is 1. The zero-order valence-electron chi connectivity index (χ0n) is 9.83. The van der Waals surface area contributed by atoms with E-state index in [1.54, 1.807) is 0 Å². The number of phenolic OH excluding ortho intramolecular Hbond substituents is 5. The largest absolute Gasteiger partial charge is 0.504 e. The lowest BCUT2D eigenvalue weighted by Crippen LogP contribution is -2.02. The normalized spacial score (nSPS) is 10.4. The Balaban J connectivity index is 2.55. The van der Waals surface area contributed by atoms with E-state index >= 15 is 0 Å². The van der Waals surface area contributed by atoms with Gasteiger partial charge in [-0.15, -0.1) is 0 Å². The summed E-state index contributed by atoms with van der Waals surface area (Å²) in [5.74, 6) is -6.35. The fourth-order valence-corrected chi connectivity index (χ4v) is 1.62. The number of benzene rings is 2. The van der Waals surface area contributed by atoms with E-state index in [0.717, 1.165) is 18.2 Å². The average molecular weight is 280 g/mol. The number of carbonyl (C=O) groups is 1. The zero-order chi connectivity index (χ0) is 15.0. The predicted molar refractivity (Wildman–Crippen MR) is 64.6 cm³/mol. The van der Waals surface area contributed by atoms with Crippen LogP contribution in [0.4, 0.5) is 4.39 Å². The molecule has 0 saturated heterocycles. The molecule has 0 atom stereocenters. The fraction of sp³-hybridized carbons (Fsp3) is 0. The molecule has 6 nitrogen and oxygen atoms in total. The third kappa shape index (κ3) is 2.05. The van der Waals surface area contributed by atoms with Gasteiger partial charge in [-0.1, -0.05) is 0 Å². The summed E-state index contributed by atoms with van der Waals surface area (Å²) >= 11 is 0. The number of rotatable bonds is 2. The van der Waals surface area contributed by atoms with Gasteiger partial charge in [0.05, 0.1) is 5.56 Å². The molecule has 0 aromatic heterocycles. The molecule has 0 heterocycles. The number of halogens is 1. The van der Waals surface area contributed by atoms with Crippen molar-refractivity contribution in [3.63, 3.8) is 0 Å². The Morgan fingerprint density at radius 2 is 1.50 bits per heavy atom.